The first-order valence-corrected chi connectivity index (χ1v) is 13.1. The van der Waals surface area contributed by atoms with Gasteiger partial charge in [0.1, 0.15) is 11.4 Å². The summed E-state index contributed by atoms with van der Waals surface area (Å²) in [5, 5.41) is 0.653. The van der Waals surface area contributed by atoms with Gasteiger partial charge in [0.15, 0.2) is 16.9 Å². The fraction of sp³-hybridized carbons (Fsp3) is 0.267. The summed E-state index contributed by atoms with van der Waals surface area (Å²) in [6.45, 7) is 4.96. The average Bonchev–Trinajstić information content (AvgIpc) is 3.20. The Morgan fingerprint density at radius 1 is 0.947 bits per heavy atom. The number of rotatable bonds is 9. The molecule has 1 amide bonds. The lowest BCUT2D eigenvalue weighted by atomic mass is 9.97. The highest BCUT2D eigenvalue weighted by atomic mass is 35.5. The highest BCUT2D eigenvalue weighted by molar-refractivity contribution is 6.31. The molecule has 0 saturated heterocycles. The number of carbonyl (C=O) groups excluding carboxylic acids is 1. The Kier molecular flexibility index (Phi) is 7.38. The van der Waals surface area contributed by atoms with Crippen molar-refractivity contribution in [1.82, 2.24) is 0 Å². The number of hydrogen-bond donors (Lipinski definition) is 0. The molecule has 1 aliphatic rings. The van der Waals surface area contributed by atoms with Gasteiger partial charge >= 0.3 is 0 Å². The first kappa shape index (κ1) is 25.8. The second-order valence-electron chi connectivity index (χ2n) is 9.06. The normalized spacial score (nSPS) is 14.7. The molecule has 196 valence electrons. The van der Waals surface area contributed by atoms with Crippen molar-refractivity contribution in [2.24, 2.45) is 0 Å². The van der Waals surface area contributed by atoms with Crippen molar-refractivity contribution in [2.75, 3.05) is 18.1 Å². The lowest BCUT2D eigenvalue weighted by Gasteiger charge is -2.26. The molecule has 38 heavy (non-hydrogen) atoms. The van der Waals surface area contributed by atoms with E-state index in [1.54, 1.807) is 24.3 Å². The topological polar surface area (TPSA) is 69.0 Å². The van der Waals surface area contributed by atoms with Crippen LogP contribution >= 0.6 is 11.6 Å². The van der Waals surface area contributed by atoms with Crippen LogP contribution in [0.1, 0.15) is 60.8 Å². The highest BCUT2D eigenvalue weighted by Crippen LogP contribution is 2.43. The van der Waals surface area contributed by atoms with Gasteiger partial charge in [-0.25, -0.2) is 4.39 Å². The number of unbranched alkanes of at least 4 members (excludes halogenated alkanes) is 2. The van der Waals surface area contributed by atoms with Crippen LogP contribution in [0.2, 0.25) is 5.02 Å². The molecule has 1 aliphatic heterocycles. The molecule has 3 aromatic carbocycles. The predicted octanol–water partition coefficient (Wildman–Crippen LogP) is 7.30. The van der Waals surface area contributed by atoms with E-state index in [0.29, 0.717) is 41.0 Å². The Balaban J connectivity index is 1.68. The lowest BCUT2D eigenvalue weighted by Crippen LogP contribution is -2.29. The Bertz CT molecular complexity index is 1550. The fourth-order valence-corrected chi connectivity index (χ4v) is 4.92. The van der Waals surface area contributed by atoms with Gasteiger partial charge in [-0.2, -0.15) is 0 Å². The zero-order chi connectivity index (χ0) is 26.8. The van der Waals surface area contributed by atoms with Crippen molar-refractivity contribution in [3.8, 4) is 11.5 Å². The van der Waals surface area contributed by atoms with Crippen LogP contribution < -0.4 is 19.8 Å². The number of ether oxygens (including phenoxy) is 2. The molecule has 0 N–H and O–H groups in total. The molecular formula is C30H27ClFNO5. The Labute approximate surface area is 224 Å². The number of amides is 1. The summed E-state index contributed by atoms with van der Waals surface area (Å²) in [5.74, 6) is 0.101. The Morgan fingerprint density at radius 3 is 2.47 bits per heavy atom. The molecule has 1 atom stereocenters. The minimum Gasteiger partial charge on any atom is -0.490 e. The molecule has 2 heterocycles. The van der Waals surface area contributed by atoms with Gasteiger partial charge in [-0.3, -0.25) is 14.5 Å². The third kappa shape index (κ3) is 4.74. The minimum atomic E-state index is -0.837. The van der Waals surface area contributed by atoms with Gasteiger partial charge in [0.2, 0.25) is 5.76 Å². The molecule has 0 saturated carbocycles. The van der Waals surface area contributed by atoms with Crippen molar-refractivity contribution in [3.05, 3.63) is 98.6 Å². The van der Waals surface area contributed by atoms with Gasteiger partial charge in [0.05, 0.1) is 30.2 Å². The zero-order valence-corrected chi connectivity index (χ0v) is 21.9. The SMILES string of the molecule is CCCCCOc1ccc(C2c3c(oc4ccc(Cl)cc4c3=O)C(=O)N2c2ccc(F)cc2)cc1OCC. The molecule has 0 fully saturated rings. The monoisotopic (exact) mass is 535 g/mol. The first-order chi connectivity index (χ1) is 18.4. The van der Waals surface area contributed by atoms with Crippen LogP contribution in [0.5, 0.6) is 11.5 Å². The number of fused-ring (bicyclic) bond motifs is 2. The molecule has 5 rings (SSSR count). The molecule has 0 radical (unpaired) electrons. The van der Waals surface area contributed by atoms with Gasteiger partial charge in [-0.05, 0) is 73.5 Å². The predicted molar refractivity (Wildman–Crippen MR) is 145 cm³/mol. The maximum absolute atomic E-state index is 13.8. The highest BCUT2D eigenvalue weighted by Gasteiger charge is 2.44. The Morgan fingerprint density at radius 2 is 1.74 bits per heavy atom. The minimum absolute atomic E-state index is 0.0583. The molecule has 0 aliphatic carbocycles. The van der Waals surface area contributed by atoms with E-state index in [-0.39, 0.29) is 27.7 Å². The maximum atomic E-state index is 13.8. The van der Waals surface area contributed by atoms with E-state index in [4.69, 9.17) is 25.5 Å². The van der Waals surface area contributed by atoms with E-state index in [1.165, 1.54) is 35.2 Å². The third-order valence-corrected chi connectivity index (χ3v) is 6.76. The lowest BCUT2D eigenvalue weighted by molar-refractivity contribution is 0.0971. The van der Waals surface area contributed by atoms with Crippen molar-refractivity contribution in [3.63, 3.8) is 0 Å². The maximum Gasteiger partial charge on any atom is 0.295 e. The smallest absolute Gasteiger partial charge is 0.295 e. The number of anilines is 1. The number of hydrogen-bond acceptors (Lipinski definition) is 5. The van der Waals surface area contributed by atoms with Gasteiger partial charge in [-0.1, -0.05) is 37.4 Å². The number of halogens is 2. The summed E-state index contributed by atoms with van der Waals surface area (Å²) in [6, 6.07) is 14.8. The summed E-state index contributed by atoms with van der Waals surface area (Å²) < 4.78 is 31.6. The van der Waals surface area contributed by atoms with E-state index in [2.05, 4.69) is 6.92 Å². The van der Waals surface area contributed by atoms with E-state index >= 15 is 0 Å². The third-order valence-electron chi connectivity index (χ3n) is 6.53. The van der Waals surface area contributed by atoms with Crippen LogP contribution in [-0.4, -0.2) is 19.1 Å². The summed E-state index contributed by atoms with van der Waals surface area (Å²) in [6.07, 6.45) is 3.06. The molecule has 1 unspecified atom stereocenters. The van der Waals surface area contributed by atoms with Crippen LogP contribution in [-0.2, 0) is 0 Å². The molecular weight excluding hydrogens is 509 g/mol. The summed E-state index contributed by atoms with van der Waals surface area (Å²) in [5.41, 5.74) is 1.14. The molecule has 0 bridgehead atoms. The van der Waals surface area contributed by atoms with Crippen molar-refractivity contribution in [1.29, 1.82) is 0 Å². The van der Waals surface area contributed by atoms with Crippen LogP contribution in [0, 0.1) is 5.82 Å². The average molecular weight is 536 g/mol. The number of nitrogens with zero attached hydrogens (tertiary/aromatic N) is 1. The molecule has 1 aromatic heterocycles. The molecule has 4 aromatic rings. The van der Waals surface area contributed by atoms with Crippen molar-refractivity contribution in [2.45, 2.75) is 39.2 Å². The quantitative estimate of drug-likeness (QED) is 0.210. The van der Waals surface area contributed by atoms with Gasteiger partial charge in [-0.15, -0.1) is 0 Å². The summed E-state index contributed by atoms with van der Waals surface area (Å²) in [7, 11) is 0. The first-order valence-electron chi connectivity index (χ1n) is 12.7. The summed E-state index contributed by atoms with van der Waals surface area (Å²) in [4.78, 5) is 29.0. The Hall–Kier alpha value is -3.84. The summed E-state index contributed by atoms with van der Waals surface area (Å²) >= 11 is 6.17. The second-order valence-corrected chi connectivity index (χ2v) is 9.50. The van der Waals surface area contributed by atoms with Gasteiger partial charge in [0.25, 0.3) is 5.91 Å². The van der Waals surface area contributed by atoms with Crippen LogP contribution in [0.3, 0.4) is 0 Å². The molecule has 8 heteroatoms. The molecule has 0 spiro atoms. The van der Waals surface area contributed by atoms with E-state index in [0.717, 1.165) is 19.3 Å². The van der Waals surface area contributed by atoms with Crippen LogP contribution in [0.4, 0.5) is 10.1 Å². The number of benzene rings is 3. The zero-order valence-electron chi connectivity index (χ0n) is 21.1. The number of carbonyl (C=O) groups is 1. The van der Waals surface area contributed by atoms with Crippen LogP contribution in [0.15, 0.2) is 69.9 Å². The van der Waals surface area contributed by atoms with E-state index < -0.39 is 17.8 Å². The van der Waals surface area contributed by atoms with Crippen molar-refractivity contribution >= 4 is 34.2 Å². The van der Waals surface area contributed by atoms with Gasteiger partial charge < -0.3 is 13.9 Å². The standard InChI is InChI=1S/C30H27ClFNO5/c1-3-5-6-15-37-24-13-7-18(16-25(24)36-4-2)27-26-28(34)22-17-19(31)8-14-23(22)38-29(26)30(35)33(27)21-11-9-20(32)10-12-21/h7-14,16-17,27H,3-6,15H2,1-2H3. The van der Waals surface area contributed by atoms with Crippen molar-refractivity contribution < 1.29 is 23.1 Å². The van der Waals surface area contributed by atoms with E-state index in [1.807, 2.05) is 13.0 Å². The van der Waals surface area contributed by atoms with Gasteiger partial charge in [0, 0.05) is 10.7 Å². The second kappa shape index (κ2) is 10.9. The molecule has 6 nitrogen and oxygen atoms in total. The van der Waals surface area contributed by atoms with Crippen LogP contribution in [0.25, 0.3) is 11.0 Å². The van der Waals surface area contributed by atoms with E-state index in [9.17, 15) is 14.0 Å². The largest absolute Gasteiger partial charge is 0.490 e. The fourth-order valence-electron chi connectivity index (χ4n) is 4.74.